The van der Waals surface area contributed by atoms with Crippen molar-refractivity contribution in [2.24, 2.45) is 0 Å². The topological polar surface area (TPSA) is 115 Å². The quantitative estimate of drug-likeness (QED) is 0.545. The van der Waals surface area contributed by atoms with Crippen LogP contribution in [0, 0.1) is 0 Å². The van der Waals surface area contributed by atoms with Crippen molar-refractivity contribution >= 4 is 17.9 Å². The van der Waals surface area contributed by atoms with Gasteiger partial charge in [0.15, 0.2) is 6.54 Å². The van der Waals surface area contributed by atoms with Gasteiger partial charge in [0.25, 0.3) is 0 Å². The van der Waals surface area contributed by atoms with Gasteiger partial charge in [0, 0.05) is 5.57 Å². The molecule has 0 aliphatic carbocycles. The van der Waals surface area contributed by atoms with Gasteiger partial charge in [-0.15, -0.1) is 0 Å². The Hall–Kier alpha value is -2.15. The van der Waals surface area contributed by atoms with E-state index < -0.39 is 17.9 Å². The standard InChI is InChI=1S/C6H13NO2.C5H8O2.C4H6O2/c1-4-7(2,3)5-6(8)9;1-3-4(2)5(6)7;1-3(2)4(5)6/h4-5H2,1-3H3;2-3H2,1H3,(H,6,7);1H2,2H3,(H,5,6). The highest BCUT2D eigenvalue weighted by atomic mass is 16.4. The van der Waals surface area contributed by atoms with E-state index >= 15 is 0 Å². The Morgan fingerprint density at radius 1 is 1.09 bits per heavy atom. The van der Waals surface area contributed by atoms with Crippen LogP contribution in [0.2, 0.25) is 0 Å². The molecule has 0 saturated carbocycles. The van der Waals surface area contributed by atoms with E-state index in [-0.39, 0.29) is 17.7 Å². The monoisotopic (exact) mass is 317 g/mol. The van der Waals surface area contributed by atoms with Crippen molar-refractivity contribution in [2.45, 2.75) is 27.2 Å². The molecule has 0 fully saturated rings. The maximum atomic E-state index is 10.2. The summed E-state index contributed by atoms with van der Waals surface area (Å²) in [7, 11) is 3.79. The van der Waals surface area contributed by atoms with Gasteiger partial charge in [0.1, 0.15) is 0 Å². The number of nitrogens with zero attached hydrogens (tertiary/aromatic N) is 1. The van der Waals surface area contributed by atoms with Crippen molar-refractivity contribution in [3.8, 4) is 0 Å². The third-order valence-electron chi connectivity index (χ3n) is 2.50. The molecule has 0 aromatic carbocycles. The molecule has 0 aromatic heterocycles. The van der Waals surface area contributed by atoms with Crippen LogP contribution in [0.3, 0.4) is 0 Å². The lowest BCUT2D eigenvalue weighted by molar-refractivity contribution is -0.881. The lowest BCUT2D eigenvalue weighted by Gasteiger charge is -2.25. The lowest BCUT2D eigenvalue weighted by Crippen LogP contribution is -2.43. The number of hydrogen-bond donors (Lipinski definition) is 2. The molecule has 0 radical (unpaired) electrons. The Kier molecular flexibility index (Phi) is 14.2. The molecule has 7 nitrogen and oxygen atoms in total. The van der Waals surface area contributed by atoms with E-state index in [1.807, 2.05) is 21.0 Å². The van der Waals surface area contributed by atoms with Gasteiger partial charge >= 0.3 is 11.9 Å². The van der Waals surface area contributed by atoms with E-state index in [0.717, 1.165) is 6.54 Å². The van der Waals surface area contributed by atoms with Gasteiger partial charge in [-0.1, -0.05) is 20.1 Å². The number of hydrogen-bond acceptors (Lipinski definition) is 4. The number of carboxylic acids is 3. The second-order valence-corrected chi connectivity index (χ2v) is 5.13. The fourth-order valence-corrected chi connectivity index (χ4v) is 0.622. The number of likely N-dealkylation sites (N-methyl/N-ethyl adjacent to an activating group) is 1. The lowest BCUT2D eigenvalue weighted by atomic mass is 10.2. The predicted octanol–water partition coefficient (Wildman–Crippen LogP) is 0.517. The third-order valence-corrected chi connectivity index (χ3v) is 2.50. The van der Waals surface area contributed by atoms with Crippen molar-refractivity contribution in [3.05, 3.63) is 24.3 Å². The fourth-order valence-electron chi connectivity index (χ4n) is 0.622. The maximum absolute atomic E-state index is 10.2. The molecule has 0 spiro atoms. The first-order valence-corrected chi connectivity index (χ1v) is 6.62. The van der Waals surface area contributed by atoms with Gasteiger partial charge < -0.3 is 24.6 Å². The summed E-state index contributed by atoms with van der Waals surface area (Å²) in [6.45, 7) is 12.6. The zero-order valence-corrected chi connectivity index (χ0v) is 14.0. The van der Waals surface area contributed by atoms with Crippen LogP contribution in [0.1, 0.15) is 27.2 Å². The van der Waals surface area contributed by atoms with Crippen LogP contribution in [0.4, 0.5) is 0 Å². The van der Waals surface area contributed by atoms with Gasteiger partial charge in [0.2, 0.25) is 0 Å². The van der Waals surface area contributed by atoms with Gasteiger partial charge in [-0.05, 0) is 25.8 Å². The summed E-state index contributed by atoms with van der Waals surface area (Å²) >= 11 is 0. The van der Waals surface area contributed by atoms with Gasteiger partial charge in [0.05, 0.1) is 26.6 Å². The molecule has 0 bridgehead atoms. The SMILES string of the molecule is C=C(C)C(=O)O.C=C(CC)C(=O)[O-].CC[N+](C)(C)CC(=O)O. The highest BCUT2D eigenvalue weighted by molar-refractivity contribution is 5.84. The minimum Gasteiger partial charge on any atom is -0.545 e. The Labute approximate surface area is 131 Å². The Morgan fingerprint density at radius 2 is 1.45 bits per heavy atom. The number of carboxylic acid groups (broad SMARTS) is 3. The summed E-state index contributed by atoms with van der Waals surface area (Å²) in [4.78, 5) is 29.5. The van der Waals surface area contributed by atoms with Crippen molar-refractivity contribution in [2.75, 3.05) is 27.2 Å². The minimum absolute atomic E-state index is 0.153. The Balaban J connectivity index is -0.000000252. The van der Waals surface area contributed by atoms with Crippen LogP contribution in [0.5, 0.6) is 0 Å². The first kappa shape index (κ1) is 24.8. The van der Waals surface area contributed by atoms with Gasteiger partial charge in [-0.25, -0.2) is 9.59 Å². The number of quaternary nitrogens is 1. The molecule has 22 heavy (non-hydrogen) atoms. The summed E-state index contributed by atoms with van der Waals surface area (Å²) in [5.41, 5.74) is 0.329. The van der Waals surface area contributed by atoms with Crippen molar-refractivity contribution in [3.63, 3.8) is 0 Å². The fraction of sp³-hybridized carbons (Fsp3) is 0.533. The normalized spacial score (nSPS) is 9.32. The van der Waals surface area contributed by atoms with Crippen LogP contribution in [0.25, 0.3) is 0 Å². The number of carbonyl (C=O) groups excluding carboxylic acids is 1. The highest BCUT2D eigenvalue weighted by Crippen LogP contribution is 1.93. The highest BCUT2D eigenvalue weighted by Gasteiger charge is 2.15. The summed E-state index contributed by atoms with van der Waals surface area (Å²) in [5.74, 6) is -2.82. The number of carbonyl (C=O) groups is 3. The van der Waals surface area contributed by atoms with Crippen molar-refractivity contribution < 1.29 is 34.2 Å². The molecular formula is C15H27NO6. The molecule has 0 aliphatic heterocycles. The van der Waals surface area contributed by atoms with Gasteiger partial charge in [-0.3, -0.25) is 0 Å². The zero-order valence-electron chi connectivity index (χ0n) is 14.0. The minimum atomic E-state index is -1.15. The molecule has 0 unspecified atom stereocenters. The molecular weight excluding hydrogens is 290 g/mol. The Bertz CT molecular complexity index is 400. The number of aliphatic carboxylic acids is 3. The Morgan fingerprint density at radius 3 is 1.50 bits per heavy atom. The van der Waals surface area contributed by atoms with Crippen LogP contribution in [-0.2, 0) is 14.4 Å². The molecule has 7 heteroatoms. The second-order valence-electron chi connectivity index (χ2n) is 5.13. The van der Waals surface area contributed by atoms with E-state index in [1.54, 1.807) is 6.92 Å². The van der Waals surface area contributed by atoms with E-state index in [0.29, 0.717) is 10.9 Å². The van der Waals surface area contributed by atoms with Crippen molar-refractivity contribution in [1.82, 2.24) is 0 Å². The van der Waals surface area contributed by atoms with Crippen LogP contribution >= 0.6 is 0 Å². The summed E-state index contributed by atoms with van der Waals surface area (Å²) in [6.07, 6.45) is 0.461. The van der Waals surface area contributed by atoms with Crippen LogP contribution in [-0.4, -0.2) is 59.8 Å². The van der Waals surface area contributed by atoms with E-state index in [2.05, 4.69) is 13.2 Å². The van der Waals surface area contributed by atoms with Crippen LogP contribution in [0.15, 0.2) is 24.3 Å². The first-order valence-electron chi connectivity index (χ1n) is 6.62. The molecule has 0 amide bonds. The smallest absolute Gasteiger partial charge is 0.359 e. The predicted molar refractivity (Wildman–Crippen MR) is 82.0 cm³/mol. The first-order chi connectivity index (χ1) is 9.80. The summed E-state index contributed by atoms with van der Waals surface area (Å²) in [6, 6.07) is 0. The van der Waals surface area contributed by atoms with Crippen molar-refractivity contribution in [1.29, 1.82) is 0 Å². The zero-order chi connectivity index (χ0) is 18.5. The van der Waals surface area contributed by atoms with Gasteiger partial charge in [-0.2, -0.15) is 0 Å². The molecule has 0 heterocycles. The molecule has 128 valence electrons. The molecule has 0 aliphatic rings. The average molecular weight is 317 g/mol. The molecule has 2 N–H and O–H groups in total. The molecule has 0 saturated heterocycles. The van der Waals surface area contributed by atoms with E-state index in [9.17, 15) is 19.5 Å². The van der Waals surface area contributed by atoms with Crippen LogP contribution < -0.4 is 5.11 Å². The third kappa shape index (κ3) is 20.2. The summed E-state index contributed by atoms with van der Waals surface area (Å²) in [5, 5.41) is 26.0. The average Bonchev–Trinajstić information content (AvgIpc) is 2.37. The maximum Gasteiger partial charge on any atom is 0.359 e. The molecule has 0 rings (SSSR count). The molecule has 0 aromatic rings. The van der Waals surface area contributed by atoms with E-state index in [4.69, 9.17) is 10.2 Å². The largest absolute Gasteiger partial charge is 0.545 e. The second kappa shape index (κ2) is 12.6. The summed E-state index contributed by atoms with van der Waals surface area (Å²) < 4.78 is 0.551. The molecule has 0 atom stereocenters. The number of rotatable bonds is 6. The van der Waals surface area contributed by atoms with E-state index in [1.165, 1.54) is 6.92 Å².